The third-order valence-corrected chi connectivity index (χ3v) is 1.65. The van der Waals surface area contributed by atoms with E-state index in [0.29, 0.717) is 0 Å². The first-order valence-corrected chi connectivity index (χ1v) is 4.63. The lowest BCUT2D eigenvalue weighted by Crippen LogP contribution is -1.97. The minimum Gasteiger partial charge on any atom is -0.229 e. The minimum absolute atomic E-state index is 0.461. The van der Waals surface area contributed by atoms with Crippen LogP contribution in [0.5, 0.6) is 0 Å². The summed E-state index contributed by atoms with van der Waals surface area (Å²) in [5, 5.41) is 11.0. The van der Waals surface area contributed by atoms with Crippen molar-refractivity contribution in [1.82, 2.24) is 0 Å². The van der Waals surface area contributed by atoms with Crippen LogP contribution >= 0.6 is 0 Å². The smallest absolute Gasteiger partial charge is 0.111 e. The average molecular weight is 155 g/mol. The second-order valence-corrected chi connectivity index (χ2v) is 2.90. The van der Waals surface area contributed by atoms with Crippen LogP contribution in [0.15, 0.2) is 12.2 Å². The second kappa shape index (κ2) is 7.80. The highest BCUT2D eigenvalue weighted by Gasteiger charge is 1.96. The van der Waals surface area contributed by atoms with Gasteiger partial charge in [0, 0.05) is 0 Å². The lowest BCUT2D eigenvalue weighted by atomic mass is 10.1. The van der Waals surface area contributed by atoms with E-state index >= 15 is 0 Å². The fourth-order valence-electron chi connectivity index (χ4n) is 0.951. The predicted octanol–water partition coefficient (Wildman–Crippen LogP) is 3.33. The summed E-state index contributed by atoms with van der Waals surface area (Å²) in [6.07, 6.45) is 8.62. The van der Waals surface area contributed by atoms with Crippen molar-refractivity contribution in [3.05, 3.63) is 12.2 Å². The Labute approximate surface area is 70.1 Å². The maximum atomic E-state index is 11.0. The lowest BCUT2D eigenvalue weighted by molar-refractivity contribution is 0.121. The molecule has 0 bridgehead atoms. The van der Waals surface area contributed by atoms with Gasteiger partial charge in [-0.25, -0.2) is 5.11 Å². The summed E-state index contributed by atoms with van der Waals surface area (Å²) < 4.78 is 0. The topological polar surface area (TPSA) is 19.9 Å². The summed E-state index contributed by atoms with van der Waals surface area (Å²) in [5.74, 6) is 0. The largest absolute Gasteiger partial charge is 0.229 e. The van der Waals surface area contributed by atoms with Crippen LogP contribution < -0.4 is 0 Å². The maximum absolute atomic E-state index is 11.0. The molecule has 0 aromatic carbocycles. The third kappa shape index (κ3) is 7.60. The monoisotopic (exact) mass is 155 g/mol. The molecule has 0 aromatic heterocycles. The van der Waals surface area contributed by atoms with Crippen LogP contribution in [0.25, 0.3) is 0 Å². The Kier molecular flexibility index (Phi) is 7.59. The standard InChI is InChI=1S/C10H19O/c1-3-5-6-7-9-10(11)8-4-2/h7,9-10H,3-6,8H2,1-2H3/b9-7+. The van der Waals surface area contributed by atoms with Crippen molar-refractivity contribution in [2.24, 2.45) is 0 Å². The Balaban J connectivity index is 3.24. The van der Waals surface area contributed by atoms with Gasteiger partial charge in [0.2, 0.25) is 0 Å². The summed E-state index contributed by atoms with van der Waals surface area (Å²) in [6, 6.07) is 0. The Morgan fingerprint density at radius 1 is 1.27 bits per heavy atom. The first-order valence-electron chi connectivity index (χ1n) is 4.63. The molecule has 1 heteroatoms. The summed E-state index contributed by atoms with van der Waals surface area (Å²) in [5.41, 5.74) is 0. The van der Waals surface area contributed by atoms with Crippen molar-refractivity contribution in [2.75, 3.05) is 0 Å². The highest BCUT2D eigenvalue weighted by Crippen LogP contribution is 2.01. The van der Waals surface area contributed by atoms with E-state index in [4.69, 9.17) is 0 Å². The fourth-order valence-corrected chi connectivity index (χ4v) is 0.951. The van der Waals surface area contributed by atoms with Gasteiger partial charge in [0.25, 0.3) is 0 Å². The maximum Gasteiger partial charge on any atom is 0.111 e. The molecule has 11 heavy (non-hydrogen) atoms. The van der Waals surface area contributed by atoms with E-state index in [0.717, 1.165) is 19.3 Å². The molecular formula is C10H19O. The number of unbranched alkanes of at least 4 members (excludes halogenated alkanes) is 2. The van der Waals surface area contributed by atoms with Crippen molar-refractivity contribution in [3.63, 3.8) is 0 Å². The Morgan fingerprint density at radius 3 is 2.55 bits per heavy atom. The predicted molar refractivity (Wildman–Crippen MR) is 48.0 cm³/mol. The molecule has 1 radical (unpaired) electrons. The van der Waals surface area contributed by atoms with Crippen LogP contribution in [0.3, 0.4) is 0 Å². The van der Waals surface area contributed by atoms with Crippen molar-refractivity contribution in [2.45, 2.75) is 52.1 Å². The Hall–Kier alpha value is -0.300. The summed E-state index contributed by atoms with van der Waals surface area (Å²) in [4.78, 5) is 0. The fraction of sp³-hybridized carbons (Fsp3) is 0.800. The Bertz CT molecular complexity index is 97.0. The van der Waals surface area contributed by atoms with Gasteiger partial charge in [-0.2, -0.15) is 0 Å². The van der Waals surface area contributed by atoms with Crippen LogP contribution in [-0.4, -0.2) is 6.10 Å². The van der Waals surface area contributed by atoms with Crippen LogP contribution in [-0.2, 0) is 5.11 Å². The van der Waals surface area contributed by atoms with E-state index in [1.165, 1.54) is 12.8 Å². The molecule has 0 saturated heterocycles. The van der Waals surface area contributed by atoms with E-state index in [1.54, 1.807) is 6.08 Å². The Morgan fingerprint density at radius 2 is 2.00 bits per heavy atom. The normalized spacial score (nSPS) is 14.1. The quantitative estimate of drug-likeness (QED) is 0.414. The molecule has 0 aliphatic rings. The molecule has 0 aromatic rings. The van der Waals surface area contributed by atoms with Crippen LogP contribution in [0.2, 0.25) is 0 Å². The van der Waals surface area contributed by atoms with E-state index in [2.05, 4.69) is 6.92 Å². The van der Waals surface area contributed by atoms with Gasteiger partial charge in [0.1, 0.15) is 6.10 Å². The number of allylic oxidation sites excluding steroid dienone is 1. The van der Waals surface area contributed by atoms with Gasteiger partial charge in [-0.3, -0.25) is 0 Å². The van der Waals surface area contributed by atoms with Crippen LogP contribution in [0.4, 0.5) is 0 Å². The molecule has 1 atom stereocenters. The van der Waals surface area contributed by atoms with Gasteiger partial charge in [0.05, 0.1) is 0 Å². The van der Waals surface area contributed by atoms with Crippen molar-refractivity contribution in [1.29, 1.82) is 0 Å². The highest BCUT2D eigenvalue weighted by molar-refractivity contribution is 4.87. The zero-order valence-corrected chi connectivity index (χ0v) is 7.68. The van der Waals surface area contributed by atoms with Gasteiger partial charge in [-0.1, -0.05) is 45.3 Å². The molecule has 0 aliphatic heterocycles. The second-order valence-electron chi connectivity index (χ2n) is 2.90. The molecule has 0 rings (SSSR count). The van der Waals surface area contributed by atoms with Crippen molar-refractivity contribution >= 4 is 0 Å². The molecule has 0 N–H and O–H groups in total. The molecule has 0 fully saturated rings. The number of hydrogen-bond donors (Lipinski definition) is 0. The van der Waals surface area contributed by atoms with E-state index in [1.807, 2.05) is 13.0 Å². The lowest BCUT2D eigenvalue weighted by Gasteiger charge is -1.97. The zero-order chi connectivity index (χ0) is 8.53. The summed E-state index contributed by atoms with van der Waals surface area (Å²) in [7, 11) is 0. The number of hydrogen-bond acceptors (Lipinski definition) is 0. The summed E-state index contributed by atoms with van der Waals surface area (Å²) >= 11 is 0. The summed E-state index contributed by atoms with van der Waals surface area (Å²) in [6.45, 7) is 4.21. The first kappa shape index (κ1) is 10.7. The van der Waals surface area contributed by atoms with Gasteiger partial charge in [0.15, 0.2) is 0 Å². The molecular weight excluding hydrogens is 136 g/mol. The molecule has 0 saturated carbocycles. The van der Waals surface area contributed by atoms with Crippen LogP contribution in [0, 0.1) is 0 Å². The first-order chi connectivity index (χ1) is 5.31. The molecule has 0 aliphatic carbocycles. The zero-order valence-electron chi connectivity index (χ0n) is 7.68. The minimum atomic E-state index is -0.461. The third-order valence-electron chi connectivity index (χ3n) is 1.65. The van der Waals surface area contributed by atoms with Crippen molar-refractivity contribution < 1.29 is 5.11 Å². The number of rotatable bonds is 6. The van der Waals surface area contributed by atoms with E-state index in [9.17, 15) is 5.11 Å². The van der Waals surface area contributed by atoms with Gasteiger partial charge < -0.3 is 0 Å². The molecule has 0 spiro atoms. The SMILES string of the molecule is CCCC/C=C/C([O])CCC. The highest BCUT2D eigenvalue weighted by atomic mass is 16.3. The molecule has 0 heterocycles. The van der Waals surface area contributed by atoms with E-state index in [-0.39, 0.29) is 0 Å². The van der Waals surface area contributed by atoms with Gasteiger partial charge in [-0.05, 0) is 12.8 Å². The van der Waals surface area contributed by atoms with Crippen molar-refractivity contribution in [3.8, 4) is 0 Å². The average Bonchev–Trinajstić information content (AvgIpc) is 1.99. The molecule has 65 valence electrons. The van der Waals surface area contributed by atoms with Crippen LogP contribution in [0.1, 0.15) is 46.0 Å². The van der Waals surface area contributed by atoms with Gasteiger partial charge in [-0.15, -0.1) is 0 Å². The molecule has 1 unspecified atom stereocenters. The molecule has 0 amide bonds. The molecule has 1 nitrogen and oxygen atoms in total. The van der Waals surface area contributed by atoms with Gasteiger partial charge >= 0.3 is 0 Å². The van der Waals surface area contributed by atoms with E-state index < -0.39 is 6.10 Å².